The highest BCUT2D eigenvalue weighted by Gasteiger charge is 2.17. The van der Waals surface area contributed by atoms with Crippen molar-refractivity contribution >= 4 is 21.6 Å². The number of halogens is 1. The Balaban J connectivity index is 3.05. The van der Waals surface area contributed by atoms with E-state index < -0.39 is 16.1 Å². The first-order chi connectivity index (χ1) is 6.94. The fraction of sp³-hybridized carbons (Fsp3) is 0.222. The summed E-state index contributed by atoms with van der Waals surface area (Å²) >= 11 is 5.84. The van der Waals surface area contributed by atoms with E-state index in [1.165, 1.54) is 0 Å². The summed E-state index contributed by atoms with van der Waals surface area (Å²) in [6.07, 6.45) is 0.994. The monoisotopic (exact) mass is 244 g/mol. The molecule has 0 aliphatic heterocycles. The fourth-order valence-corrected chi connectivity index (χ4v) is 1.94. The molecule has 0 saturated carbocycles. The van der Waals surface area contributed by atoms with E-state index >= 15 is 0 Å². The lowest BCUT2D eigenvalue weighted by Crippen LogP contribution is -2.26. The van der Waals surface area contributed by atoms with Gasteiger partial charge in [-0.25, -0.2) is 8.42 Å². The SMILES string of the molecule is CS(=O)(=O)NC(C#N)c1ccccc1Cl. The number of nitrogens with one attached hydrogen (secondary N) is 1. The van der Waals surface area contributed by atoms with Gasteiger partial charge in [0.1, 0.15) is 6.04 Å². The molecule has 15 heavy (non-hydrogen) atoms. The minimum Gasteiger partial charge on any atom is -0.213 e. The average Bonchev–Trinajstić information content (AvgIpc) is 2.14. The van der Waals surface area contributed by atoms with Gasteiger partial charge in [-0.15, -0.1) is 0 Å². The predicted molar refractivity (Wildman–Crippen MR) is 57.8 cm³/mol. The van der Waals surface area contributed by atoms with Crippen molar-refractivity contribution in [2.45, 2.75) is 6.04 Å². The molecule has 0 amide bonds. The van der Waals surface area contributed by atoms with Gasteiger partial charge in [0.25, 0.3) is 0 Å². The third kappa shape index (κ3) is 3.51. The summed E-state index contributed by atoms with van der Waals surface area (Å²) in [5.41, 5.74) is 0.451. The van der Waals surface area contributed by atoms with Crippen molar-refractivity contribution in [1.82, 2.24) is 4.72 Å². The zero-order valence-corrected chi connectivity index (χ0v) is 9.51. The summed E-state index contributed by atoms with van der Waals surface area (Å²) in [6, 6.07) is 7.50. The van der Waals surface area contributed by atoms with Crippen LogP contribution in [0.25, 0.3) is 0 Å². The van der Waals surface area contributed by atoms with Gasteiger partial charge in [-0.2, -0.15) is 9.98 Å². The van der Waals surface area contributed by atoms with Crippen LogP contribution in [0.3, 0.4) is 0 Å². The van der Waals surface area contributed by atoms with Gasteiger partial charge in [-0.05, 0) is 6.07 Å². The summed E-state index contributed by atoms with van der Waals surface area (Å²) < 4.78 is 24.1. The Morgan fingerprint density at radius 2 is 2.07 bits per heavy atom. The highest BCUT2D eigenvalue weighted by atomic mass is 35.5. The molecule has 0 aliphatic carbocycles. The number of hydrogen-bond donors (Lipinski definition) is 1. The Morgan fingerprint density at radius 3 is 2.53 bits per heavy atom. The largest absolute Gasteiger partial charge is 0.213 e. The second-order valence-corrected chi connectivity index (χ2v) is 5.16. The summed E-state index contributed by atoms with van der Waals surface area (Å²) in [4.78, 5) is 0. The van der Waals surface area contributed by atoms with Crippen molar-refractivity contribution in [2.24, 2.45) is 0 Å². The van der Waals surface area contributed by atoms with Crippen molar-refractivity contribution in [3.63, 3.8) is 0 Å². The van der Waals surface area contributed by atoms with Crippen LogP contribution in [-0.4, -0.2) is 14.7 Å². The molecular weight excluding hydrogens is 236 g/mol. The van der Waals surface area contributed by atoms with Crippen LogP contribution in [0.2, 0.25) is 5.02 Å². The third-order valence-corrected chi connectivity index (χ3v) is 2.69. The second kappa shape index (κ2) is 4.62. The molecule has 0 spiro atoms. The summed E-state index contributed by atoms with van der Waals surface area (Å²) in [5.74, 6) is 0. The highest BCUT2D eigenvalue weighted by molar-refractivity contribution is 7.88. The maximum absolute atomic E-state index is 11.0. The van der Waals surface area contributed by atoms with Crippen molar-refractivity contribution in [1.29, 1.82) is 5.26 Å². The molecule has 0 fully saturated rings. The van der Waals surface area contributed by atoms with Crippen LogP contribution in [0.15, 0.2) is 24.3 Å². The Bertz CT molecular complexity index is 493. The number of hydrogen-bond acceptors (Lipinski definition) is 3. The van der Waals surface area contributed by atoms with Crippen LogP contribution in [0.5, 0.6) is 0 Å². The Hall–Kier alpha value is -1.09. The van der Waals surface area contributed by atoms with Crippen LogP contribution in [0.4, 0.5) is 0 Å². The van der Waals surface area contributed by atoms with E-state index in [0.29, 0.717) is 10.6 Å². The number of benzene rings is 1. The molecule has 6 heteroatoms. The van der Waals surface area contributed by atoms with E-state index in [0.717, 1.165) is 6.26 Å². The van der Waals surface area contributed by atoms with E-state index in [9.17, 15) is 8.42 Å². The van der Waals surface area contributed by atoms with Gasteiger partial charge in [-0.3, -0.25) is 0 Å². The maximum atomic E-state index is 11.0. The molecule has 0 saturated heterocycles. The molecule has 1 unspecified atom stereocenters. The lowest BCUT2D eigenvalue weighted by molar-refractivity contribution is 0.582. The molecule has 1 aromatic carbocycles. The van der Waals surface area contributed by atoms with Crippen LogP contribution in [0.1, 0.15) is 11.6 Å². The number of sulfonamides is 1. The van der Waals surface area contributed by atoms with Gasteiger partial charge in [0.2, 0.25) is 10.0 Å². The van der Waals surface area contributed by atoms with Crippen molar-refractivity contribution < 1.29 is 8.42 Å². The molecule has 0 aliphatic rings. The molecule has 1 aromatic rings. The number of nitrogens with zero attached hydrogens (tertiary/aromatic N) is 1. The first kappa shape index (κ1) is 12.0. The quantitative estimate of drug-likeness (QED) is 0.875. The predicted octanol–water partition coefficient (Wildman–Crippen LogP) is 1.45. The van der Waals surface area contributed by atoms with Gasteiger partial charge in [0.05, 0.1) is 12.3 Å². The van der Waals surface area contributed by atoms with E-state index in [1.807, 2.05) is 6.07 Å². The standard InChI is InChI=1S/C9H9ClN2O2S/c1-15(13,14)12-9(6-11)7-4-2-3-5-8(7)10/h2-5,9,12H,1H3. The molecule has 1 N–H and O–H groups in total. The van der Waals surface area contributed by atoms with E-state index in [-0.39, 0.29) is 0 Å². The normalized spacial score (nSPS) is 13.1. The smallest absolute Gasteiger partial charge is 0.210 e. The van der Waals surface area contributed by atoms with Crippen molar-refractivity contribution in [3.8, 4) is 6.07 Å². The van der Waals surface area contributed by atoms with E-state index in [4.69, 9.17) is 16.9 Å². The minimum atomic E-state index is -3.43. The van der Waals surface area contributed by atoms with Gasteiger partial charge in [0, 0.05) is 10.6 Å². The van der Waals surface area contributed by atoms with Gasteiger partial charge in [-0.1, -0.05) is 29.8 Å². The molecule has 80 valence electrons. The first-order valence-corrected chi connectivity index (χ1v) is 6.32. The van der Waals surface area contributed by atoms with Gasteiger partial charge >= 0.3 is 0 Å². The highest BCUT2D eigenvalue weighted by Crippen LogP contribution is 2.22. The molecule has 4 nitrogen and oxygen atoms in total. The lowest BCUT2D eigenvalue weighted by atomic mass is 10.1. The average molecular weight is 245 g/mol. The Kier molecular flexibility index (Phi) is 3.69. The van der Waals surface area contributed by atoms with Gasteiger partial charge < -0.3 is 0 Å². The topological polar surface area (TPSA) is 70.0 Å². The van der Waals surface area contributed by atoms with E-state index in [2.05, 4.69) is 4.72 Å². The maximum Gasteiger partial charge on any atom is 0.210 e. The van der Waals surface area contributed by atoms with Gasteiger partial charge in [0.15, 0.2) is 0 Å². The molecule has 0 radical (unpaired) electrons. The molecule has 0 aromatic heterocycles. The Labute approximate surface area is 93.5 Å². The summed E-state index contributed by atoms with van der Waals surface area (Å²) in [7, 11) is -3.43. The van der Waals surface area contributed by atoms with Crippen molar-refractivity contribution in [2.75, 3.05) is 6.26 Å². The molecule has 1 rings (SSSR count). The van der Waals surface area contributed by atoms with Crippen LogP contribution < -0.4 is 4.72 Å². The summed E-state index contributed by atoms with van der Waals surface area (Å²) in [5, 5.41) is 9.19. The van der Waals surface area contributed by atoms with E-state index in [1.54, 1.807) is 24.3 Å². The first-order valence-electron chi connectivity index (χ1n) is 4.05. The zero-order chi connectivity index (χ0) is 11.5. The third-order valence-electron chi connectivity index (χ3n) is 1.68. The second-order valence-electron chi connectivity index (χ2n) is 2.97. The molecular formula is C9H9ClN2O2S. The van der Waals surface area contributed by atoms with Crippen LogP contribution >= 0.6 is 11.6 Å². The minimum absolute atomic E-state index is 0.361. The molecule has 1 atom stereocenters. The van der Waals surface area contributed by atoms with Crippen LogP contribution in [-0.2, 0) is 10.0 Å². The van der Waals surface area contributed by atoms with Crippen molar-refractivity contribution in [3.05, 3.63) is 34.9 Å². The molecule has 0 bridgehead atoms. The fourth-order valence-electron chi connectivity index (χ4n) is 1.08. The zero-order valence-electron chi connectivity index (χ0n) is 7.94. The molecule has 0 heterocycles. The Morgan fingerprint density at radius 1 is 1.47 bits per heavy atom. The van der Waals surface area contributed by atoms with Crippen LogP contribution in [0, 0.1) is 11.3 Å². The lowest BCUT2D eigenvalue weighted by Gasteiger charge is -2.11. The number of rotatable bonds is 3. The summed E-state index contributed by atoms with van der Waals surface area (Å²) in [6.45, 7) is 0. The number of nitriles is 1.